The molecule has 0 saturated heterocycles. The molecule has 1 aromatic heterocycles. The second-order valence-corrected chi connectivity index (χ2v) is 7.05. The number of rotatable bonds is 3. The van der Waals surface area contributed by atoms with Crippen molar-refractivity contribution in [3.05, 3.63) is 88.2 Å². The molecule has 5 nitrogen and oxygen atoms in total. The molecule has 1 aliphatic rings. The van der Waals surface area contributed by atoms with Crippen molar-refractivity contribution in [1.29, 1.82) is 0 Å². The van der Waals surface area contributed by atoms with Gasteiger partial charge < -0.3 is 14.6 Å². The fourth-order valence-electron chi connectivity index (χ4n) is 4.06. The van der Waals surface area contributed by atoms with Crippen molar-refractivity contribution in [2.45, 2.75) is 0 Å². The van der Waals surface area contributed by atoms with Crippen LogP contribution >= 0.6 is 0 Å². The summed E-state index contributed by atoms with van der Waals surface area (Å²) in [6, 6.07) is 20.4. The SMILES string of the molecule is COc1cccc(Nc2c3c4c(cccc4n(C)c2=O)C(=O)c2ccccc2-3)c1. The highest BCUT2D eigenvalue weighted by atomic mass is 16.5. The van der Waals surface area contributed by atoms with Gasteiger partial charge in [0.25, 0.3) is 5.56 Å². The number of nitrogens with one attached hydrogen (secondary N) is 1. The van der Waals surface area contributed by atoms with Crippen molar-refractivity contribution < 1.29 is 9.53 Å². The number of anilines is 2. The number of hydrogen-bond acceptors (Lipinski definition) is 4. The molecule has 0 spiro atoms. The number of carbonyl (C=O) groups excluding carboxylic acids is 1. The Bertz CT molecular complexity index is 1370. The molecule has 0 radical (unpaired) electrons. The maximum Gasteiger partial charge on any atom is 0.275 e. The summed E-state index contributed by atoms with van der Waals surface area (Å²) >= 11 is 0. The van der Waals surface area contributed by atoms with E-state index in [-0.39, 0.29) is 11.3 Å². The van der Waals surface area contributed by atoms with E-state index in [4.69, 9.17) is 4.74 Å². The molecule has 0 saturated carbocycles. The third-order valence-corrected chi connectivity index (χ3v) is 5.45. The van der Waals surface area contributed by atoms with E-state index in [2.05, 4.69) is 5.32 Å². The first kappa shape index (κ1) is 17.3. The second-order valence-electron chi connectivity index (χ2n) is 7.05. The fourth-order valence-corrected chi connectivity index (χ4v) is 4.06. The summed E-state index contributed by atoms with van der Waals surface area (Å²) in [6.07, 6.45) is 0. The molecular weight excluding hydrogens is 364 g/mol. The van der Waals surface area contributed by atoms with Crippen LogP contribution in [0.4, 0.5) is 11.4 Å². The second kappa shape index (κ2) is 6.34. The number of hydrogen-bond donors (Lipinski definition) is 1. The molecule has 1 aliphatic carbocycles. The smallest absolute Gasteiger partial charge is 0.275 e. The molecule has 5 heteroatoms. The molecule has 5 rings (SSSR count). The van der Waals surface area contributed by atoms with Gasteiger partial charge in [-0.1, -0.05) is 42.5 Å². The van der Waals surface area contributed by atoms with Crippen LogP contribution < -0.4 is 15.6 Å². The highest BCUT2D eigenvalue weighted by Crippen LogP contribution is 2.42. The minimum absolute atomic E-state index is 0.0234. The fraction of sp³-hybridized carbons (Fsp3) is 0.0833. The zero-order chi connectivity index (χ0) is 20.1. The van der Waals surface area contributed by atoms with Crippen LogP contribution in [-0.4, -0.2) is 17.5 Å². The van der Waals surface area contributed by atoms with E-state index >= 15 is 0 Å². The molecule has 0 atom stereocenters. The van der Waals surface area contributed by atoms with Crippen molar-refractivity contribution in [1.82, 2.24) is 4.57 Å². The van der Waals surface area contributed by atoms with Gasteiger partial charge in [0.2, 0.25) is 0 Å². The first-order valence-corrected chi connectivity index (χ1v) is 9.31. The Morgan fingerprint density at radius 1 is 0.862 bits per heavy atom. The van der Waals surface area contributed by atoms with Crippen molar-refractivity contribution >= 4 is 28.1 Å². The largest absolute Gasteiger partial charge is 0.497 e. The summed E-state index contributed by atoms with van der Waals surface area (Å²) in [5, 5.41) is 4.09. The summed E-state index contributed by atoms with van der Waals surface area (Å²) in [6.45, 7) is 0. The molecule has 0 unspecified atom stereocenters. The highest BCUT2D eigenvalue weighted by Gasteiger charge is 2.29. The summed E-state index contributed by atoms with van der Waals surface area (Å²) < 4.78 is 6.90. The molecule has 0 aliphatic heterocycles. The number of pyridine rings is 1. The predicted molar refractivity (Wildman–Crippen MR) is 114 cm³/mol. The van der Waals surface area contributed by atoms with E-state index in [1.807, 2.05) is 66.7 Å². The number of aryl methyl sites for hydroxylation is 1. The van der Waals surface area contributed by atoms with Gasteiger partial charge in [0.1, 0.15) is 11.4 Å². The van der Waals surface area contributed by atoms with Gasteiger partial charge in [-0.15, -0.1) is 0 Å². The molecule has 1 heterocycles. The van der Waals surface area contributed by atoms with Crippen molar-refractivity contribution in [2.24, 2.45) is 7.05 Å². The van der Waals surface area contributed by atoms with Gasteiger partial charge in [-0.25, -0.2) is 0 Å². The van der Waals surface area contributed by atoms with Crippen molar-refractivity contribution in [2.75, 3.05) is 12.4 Å². The number of fused-ring (bicyclic) bond motifs is 2. The van der Waals surface area contributed by atoms with E-state index in [0.29, 0.717) is 22.6 Å². The van der Waals surface area contributed by atoms with E-state index in [0.717, 1.165) is 27.7 Å². The van der Waals surface area contributed by atoms with Gasteiger partial charge in [0.05, 0.1) is 12.6 Å². The molecule has 4 aromatic rings. The minimum atomic E-state index is -0.156. The van der Waals surface area contributed by atoms with Crippen LogP contribution in [0.3, 0.4) is 0 Å². The quantitative estimate of drug-likeness (QED) is 0.499. The Morgan fingerprint density at radius 3 is 2.38 bits per heavy atom. The highest BCUT2D eigenvalue weighted by molar-refractivity contribution is 6.27. The maximum absolute atomic E-state index is 13.3. The molecule has 0 bridgehead atoms. The van der Waals surface area contributed by atoms with Crippen molar-refractivity contribution in [3.63, 3.8) is 0 Å². The molecule has 0 amide bonds. The third-order valence-electron chi connectivity index (χ3n) is 5.45. The van der Waals surface area contributed by atoms with Crippen LogP contribution in [0.2, 0.25) is 0 Å². The summed E-state index contributed by atoms with van der Waals surface area (Å²) in [5.41, 5.74) is 4.51. The van der Waals surface area contributed by atoms with Crippen LogP contribution in [-0.2, 0) is 7.05 Å². The zero-order valence-corrected chi connectivity index (χ0v) is 16.0. The average Bonchev–Trinajstić information content (AvgIpc) is 2.76. The molecular formula is C24H18N2O3. The van der Waals surface area contributed by atoms with Crippen LogP contribution in [0.5, 0.6) is 5.75 Å². The first-order valence-electron chi connectivity index (χ1n) is 9.31. The Morgan fingerprint density at radius 2 is 1.59 bits per heavy atom. The number of carbonyl (C=O) groups is 1. The molecule has 29 heavy (non-hydrogen) atoms. The van der Waals surface area contributed by atoms with Crippen LogP contribution in [0.1, 0.15) is 15.9 Å². The topological polar surface area (TPSA) is 60.3 Å². The lowest BCUT2D eigenvalue weighted by atomic mass is 9.83. The molecule has 142 valence electrons. The van der Waals surface area contributed by atoms with Crippen LogP contribution in [0, 0.1) is 0 Å². The zero-order valence-electron chi connectivity index (χ0n) is 16.0. The standard InChI is InChI=1S/C24H18N2O3/c1-26-19-12-6-11-18-20(19)21(16-9-3-4-10-17(16)23(18)27)22(24(26)28)25-14-7-5-8-15(13-14)29-2/h3-13,25H,1-2H3. The number of benzene rings is 3. The van der Waals surface area contributed by atoms with Gasteiger partial charge in [-0.3, -0.25) is 9.59 Å². The van der Waals surface area contributed by atoms with E-state index in [1.54, 1.807) is 18.7 Å². The van der Waals surface area contributed by atoms with Gasteiger partial charge >= 0.3 is 0 Å². The van der Waals surface area contributed by atoms with E-state index in [1.165, 1.54) is 0 Å². The summed E-state index contributed by atoms with van der Waals surface area (Å²) in [4.78, 5) is 26.5. The predicted octanol–water partition coefficient (Wildman–Crippen LogP) is 4.50. The average molecular weight is 382 g/mol. The molecule has 0 fully saturated rings. The van der Waals surface area contributed by atoms with Gasteiger partial charge in [-0.2, -0.15) is 0 Å². The number of ether oxygens (including phenoxy) is 1. The van der Waals surface area contributed by atoms with Gasteiger partial charge in [-0.05, 0) is 23.8 Å². The maximum atomic E-state index is 13.3. The van der Waals surface area contributed by atoms with Crippen molar-refractivity contribution in [3.8, 4) is 16.9 Å². The minimum Gasteiger partial charge on any atom is -0.497 e. The monoisotopic (exact) mass is 382 g/mol. The third kappa shape index (κ3) is 2.48. The van der Waals surface area contributed by atoms with Gasteiger partial charge in [0, 0.05) is 40.9 Å². The summed E-state index contributed by atoms with van der Waals surface area (Å²) in [5.74, 6) is 0.669. The number of ketones is 1. The van der Waals surface area contributed by atoms with Crippen LogP contribution in [0.15, 0.2) is 71.5 Å². The normalized spacial score (nSPS) is 12.0. The Labute approximate surface area is 167 Å². The lowest BCUT2D eigenvalue weighted by Gasteiger charge is -2.24. The lowest BCUT2D eigenvalue weighted by molar-refractivity contribution is 0.104. The Hall–Kier alpha value is -3.86. The first-order chi connectivity index (χ1) is 14.1. The van der Waals surface area contributed by atoms with E-state index < -0.39 is 0 Å². The van der Waals surface area contributed by atoms with Gasteiger partial charge in [0.15, 0.2) is 5.78 Å². The molecule has 3 aromatic carbocycles. The number of aromatic nitrogens is 1. The lowest BCUT2D eigenvalue weighted by Crippen LogP contribution is -2.24. The Balaban J connectivity index is 1.88. The van der Waals surface area contributed by atoms with E-state index in [9.17, 15) is 9.59 Å². The van der Waals surface area contributed by atoms with Crippen LogP contribution in [0.25, 0.3) is 22.0 Å². The molecule has 1 N–H and O–H groups in total. The number of nitrogens with zero attached hydrogens (tertiary/aromatic N) is 1. The number of methoxy groups -OCH3 is 1. The Kier molecular flexibility index (Phi) is 3.77. The summed E-state index contributed by atoms with van der Waals surface area (Å²) in [7, 11) is 3.33.